The van der Waals surface area contributed by atoms with Crippen molar-refractivity contribution in [1.29, 1.82) is 0 Å². The van der Waals surface area contributed by atoms with Gasteiger partial charge < -0.3 is 4.74 Å². The first-order valence-electron chi connectivity index (χ1n) is 5.00. The summed E-state index contributed by atoms with van der Waals surface area (Å²) in [6.45, 7) is 1.46. The number of nitrogens with zero attached hydrogens (tertiary/aromatic N) is 1. The molecule has 17 heavy (non-hydrogen) atoms. The Morgan fingerprint density at radius 1 is 1.35 bits per heavy atom. The zero-order valence-electron chi connectivity index (χ0n) is 9.26. The summed E-state index contributed by atoms with van der Waals surface area (Å²) in [6.07, 6.45) is -0.419. The summed E-state index contributed by atoms with van der Waals surface area (Å²) in [5, 5.41) is 2.19. The molecule has 0 saturated carbocycles. The quantitative estimate of drug-likeness (QED) is 0.529. The van der Waals surface area contributed by atoms with Gasteiger partial charge in [0.05, 0.1) is 6.61 Å². The summed E-state index contributed by atoms with van der Waals surface area (Å²) in [4.78, 5) is 44.5. The Kier molecular flexibility index (Phi) is 4.38. The molecule has 1 N–H and O–H groups in total. The van der Waals surface area contributed by atoms with E-state index in [1.807, 2.05) is 0 Å². The maximum absolute atomic E-state index is 11.4. The van der Waals surface area contributed by atoms with Gasteiger partial charge in [-0.05, 0) is 6.92 Å². The number of H-pyrrole nitrogens is 1. The van der Waals surface area contributed by atoms with Crippen LogP contribution in [0.15, 0.2) is 21.7 Å². The van der Waals surface area contributed by atoms with Gasteiger partial charge in [-0.25, -0.2) is 4.68 Å². The van der Waals surface area contributed by atoms with Crippen molar-refractivity contribution in [2.45, 2.75) is 19.9 Å². The highest BCUT2D eigenvalue weighted by molar-refractivity contribution is 5.95. The number of nitrogens with one attached hydrogen (secondary N) is 1. The standard InChI is InChI=1S/C10H12N2O5/c1-2-17-10(16)5-7(13)6-12-9(15)4-3-8(14)11-12/h3-4H,2,5-6H2,1H3,(H,11,14). The van der Waals surface area contributed by atoms with Crippen molar-refractivity contribution >= 4 is 11.8 Å². The minimum Gasteiger partial charge on any atom is -0.466 e. The summed E-state index contributed by atoms with van der Waals surface area (Å²) in [5.41, 5.74) is -1.00. The number of ketones is 1. The van der Waals surface area contributed by atoms with Gasteiger partial charge in [-0.3, -0.25) is 24.3 Å². The van der Waals surface area contributed by atoms with Gasteiger partial charge in [-0.15, -0.1) is 0 Å². The van der Waals surface area contributed by atoms with Crippen LogP contribution in [0.5, 0.6) is 0 Å². The molecule has 7 heteroatoms. The topological polar surface area (TPSA) is 98.2 Å². The first-order valence-corrected chi connectivity index (χ1v) is 5.00. The molecule has 1 rings (SSSR count). The summed E-state index contributed by atoms with van der Waals surface area (Å²) in [5.74, 6) is -1.16. The Hall–Kier alpha value is -2.18. The molecule has 7 nitrogen and oxygen atoms in total. The van der Waals surface area contributed by atoms with Crippen molar-refractivity contribution in [3.63, 3.8) is 0 Å². The van der Waals surface area contributed by atoms with Crippen LogP contribution in [0.3, 0.4) is 0 Å². The van der Waals surface area contributed by atoms with Crippen molar-refractivity contribution in [2.75, 3.05) is 6.61 Å². The normalized spacial score (nSPS) is 9.94. The molecule has 0 aliphatic carbocycles. The van der Waals surface area contributed by atoms with Crippen LogP contribution in [0, 0.1) is 0 Å². The number of carbonyl (C=O) groups is 2. The molecule has 0 bridgehead atoms. The lowest BCUT2D eigenvalue weighted by molar-refractivity contribution is -0.145. The average molecular weight is 240 g/mol. The van der Waals surface area contributed by atoms with Gasteiger partial charge in [0.1, 0.15) is 13.0 Å². The lowest BCUT2D eigenvalue weighted by Gasteiger charge is -2.03. The van der Waals surface area contributed by atoms with Gasteiger partial charge in [0.15, 0.2) is 5.78 Å². The highest BCUT2D eigenvalue weighted by atomic mass is 16.5. The van der Waals surface area contributed by atoms with Crippen molar-refractivity contribution in [1.82, 2.24) is 9.78 Å². The number of aromatic nitrogens is 2. The second kappa shape index (κ2) is 5.78. The number of rotatable bonds is 5. The predicted octanol–water partition coefficient (Wildman–Crippen LogP) is -0.941. The molecule has 1 heterocycles. The van der Waals surface area contributed by atoms with E-state index in [2.05, 4.69) is 9.84 Å². The highest BCUT2D eigenvalue weighted by Crippen LogP contribution is 1.90. The van der Waals surface area contributed by atoms with Crippen LogP contribution in [0.2, 0.25) is 0 Å². The van der Waals surface area contributed by atoms with E-state index in [0.717, 1.165) is 16.8 Å². The molecule has 0 radical (unpaired) electrons. The van der Waals surface area contributed by atoms with Gasteiger partial charge in [-0.1, -0.05) is 0 Å². The van der Waals surface area contributed by atoms with Crippen LogP contribution in [0.1, 0.15) is 13.3 Å². The molecule has 0 fully saturated rings. The molecule has 0 spiro atoms. The van der Waals surface area contributed by atoms with Crippen molar-refractivity contribution < 1.29 is 14.3 Å². The third-order valence-electron chi connectivity index (χ3n) is 1.87. The Morgan fingerprint density at radius 3 is 2.71 bits per heavy atom. The van der Waals surface area contributed by atoms with E-state index in [1.54, 1.807) is 6.92 Å². The Morgan fingerprint density at radius 2 is 2.06 bits per heavy atom. The van der Waals surface area contributed by atoms with Crippen LogP contribution in [-0.4, -0.2) is 28.1 Å². The average Bonchev–Trinajstić information content (AvgIpc) is 2.23. The van der Waals surface area contributed by atoms with E-state index in [9.17, 15) is 19.2 Å². The third kappa shape index (κ3) is 4.06. The van der Waals surface area contributed by atoms with Gasteiger partial charge in [0, 0.05) is 12.1 Å². The number of esters is 1. The van der Waals surface area contributed by atoms with Crippen molar-refractivity contribution in [2.24, 2.45) is 0 Å². The fourth-order valence-corrected chi connectivity index (χ4v) is 1.19. The number of aromatic amines is 1. The molecule has 0 aliphatic rings. The van der Waals surface area contributed by atoms with Crippen LogP contribution in [0.25, 0.3) is 0 Å². The van der Waals surface area contributed by atoms with E-state index >= 15 is 0 Å². The lowest BCUT2D eigenvalue weighted by Crippen LogP contribution is -2.31. The zero-order chi connectivity index (χ0) is 12.8. The number of carbonyl (C=O) groups excluding carboxylic acids is 2. The van der Waals surface area contributed by atoms with E-state index < -0.39 is 29.3 Å². The van der Waals surface area contributed by atoms with Crippen LogP contribution in [0.4, 0.5) is 0 Å². The van der Waals surface area contributed by atoms with E-state index in [4.69, 9.17) is 0 Å². The van der Waals surface area contributed by atoms with Crippen molar-refractivity contribution in [3.8, 4) is 0 Å². The van der Waals surface area contributed by atoms with Gasteiger partial charge in [-0.2, -0.15) is 0 Å². The fourth-order valence-electron chi connectivity index (χ4n) is 1.19. The molecule has 0 unspecified atom stereocenters. The molecule has 92 valence electrons. The number of hydrogen-bond acceptors (Lipinski definition) is 5. The molecule has 0 atom stereocenters. The van der Waals surface area contributed by atoms with E-state index in [1.165, 1.54) is 0 Å². The minimum atomic E-state index is -0.649. The summed E-state index contributed by atoms with van der Waals surface area (Å²) < 4.78 is 5.44. The van der Waals surface area contributed by atoms with E-state index in [0.29, 0.717) is 0 Å². The maximum atomic E-state index is 11.4. The molecule has 0 aromatic carbocycles. The maximum Gasteiger partial charge on any atom is 0.313 e. The predicted molar refractivity (Wildman–Crippen MR) is 57.6 cm³/mol. The van der Waals surface area contributed by atoms with Crippen molar-refractivity contribution in [3.05, 3.63) is 32.8 Å². The van der Waals surface area contributed by atoms with Gasteiger partial charge in [0.2, 0.25) is 0 Å². The molecule has 1 aromatic heterocycles. The monoisotopic (exact) mass is 240 g/mol. The summed E-state index contributed by atoms with van der Waals surface area (Å²) in [6, 6.07) is 2.12. The first-order chi connectivity index (χ1) is 8.02. The van der Waals surface area contributed by atoms with Crippen LogP contribution in [-0.2, 0) is 20.9 Å². The number of Topliss-reactive ketones (excluding diaryl/α,β-unsaturated/α-hetero) is 1. The lowest BCUT2D eigenvalue weighted by atomic mass is 10.3. The third-order valence-corrected chi connectivity index (χ3v) is 1.87. The Bertz CT molecular complexity index is 528. The number of hydrogen-bond donors (Lipinski definition) is 1. The first kappa shape index (κ1) is 12.9. The SMILES string of the molecule is CCOC(=O)CC(=O)Cn1[nH]c(=O)ccc1=O. The smallest absolute Gasteiger partial charge is 0.313 e. The highest BCUT2D eigenvalue weighted by Gasteiger charge is 2.11. The van der Waals surface area contributed by atoms with Crippen LogP contribution >= 0.6 is 0 Å². The van der Waals surface area contributed by atoms with Gasteiger partial charge >= 0.3 is 5.97 Å². The largest absolute Gasteiger partial charge is 0.466 e. The van der Waals surface area contributed by atoms with Crippen LogP contribution < -0.4 is 11.1 Å². The second-order valence-corrected chi connectivity index (χ2v) is 3.25. The second-order valence-electron chi connectivity index (χ2n) is 3.25. The molecule has 0 amide bonds. The molecule has 1 aromatic rings. The molecule has 0 aliphatic heterocycles. The number of ether oxygens (including phenoxy) is 1. The Labute approximate surface area is 96.0 Å². The fraction of sp³-hybridized carbons (Fsp3) is 0.400. The summed E-state index contributed by atoms with van der Waals surface area (Å²) in [7, 11) is 0. The van der Waals surface area contributed by atoms with E-state index in [-0.39, 0.29) is 13.2 Å². The zero-order valence-corrected chi connectivity index (χ0v) is 9.26. The Balaban J connectivity index is 2.68. The molecular formula is C10H12N2O5. The molecular weight excluding hydrogens is 228 g/mol. The molecule has 0 saturated heterocycles. The van der Waals surface area contributed by atoms with Gasteiger partial charge in [0.25, 0.3) is 11.1 Å². The summed E-state index contributed by atoms with van der Waals surface area (Å²) >= 11 is 0. The minimum absolute atomic E-state index is 0.189.